The van der Waals surface area contributed by atoms with Gasteiger partial charge in [-0.25, -0.2) is 0 Å². The lowest BCUT2D eigenvalue weighted by molar-refractivity contribution is -0.946. The molecule has 0 aliphatic carbocycles. The fourth-order valence-electron chi connectivity index (χ4n) is 1.12. The predicted octanol–water partition coefficient (Wildman–Crippen LogP) is -3.34. The molecule has 0 aromatic carbocycles. The molecule has 1 rings (SSSR count). The predicted molar refractivity (Wildman–Crippen MR) is 36.4 cm³/mol. The van der Waals surface area contributed by atoms with Gasteiger partial charge in [0.05, 0.1) is 7.05 Å². The van der Waals surface area contributed by atoms with E-state index in [1.165, 1.54) is 4.90 Å². The molecule has 1 saturated heterocycles. The molecule has 0 aromatic heterocycles. The maximum absolute atomic E-state index is 5.44. The highest BCUT2D eigenvalue weighted by atomic mass is 127. The molecule has 0 amide bonds. The van der Waals surface area contributed by atoms with Crippen LogP contribution in [0.4, 0.5) is 0 Å². The molecular weight excluding hydrogens is 241 g/mol. The Bertz CT molecular complexity index is 116. The Morgan fingerprint density at radius 3 is 2.10 bits per heavy atom. The first-order valence-corrected chi connectivity index (χ1v) is 3.49. The van der Waals surface area contributed by atoms with Crippen molar-refractivity contribution in [2.45, 2.75) is 32.5 Å². The topological polar surface area (TPSA) is 13.7 Å². The van der Waals surface area contributed by atoms with Crippen LogP contribution in [0.5, 0.6) is 0 Å². The van der Waals surface area contributed by atoms with E-state index in [1.54, 1.807) is 0 Å². The van der Waals surface area contributed by atoms with Gasteiger partial charge in [-0.05, 0) is 13.8 Å². The van der Waals surface area contributed by atoms with Crippen molar-refractivity contribution in [3.05, 3.63) is 0 Å². The van der Waals surface area contributed by atoms with Crippen LogP contribution in [0.25, 0.3) is 0 Å². The van der Waals surface area contributed by atoms with Crippen LogP contribution in [-0.4, -0.2) is 25.4 Å². The number of nitrogens with one attached hydrogen (secondary N) is 1. The van der Waals surface area contributed by atoms with Crippen molar-refractivity contribution < 1.29 is 33.6 Å². The van der Waals surface area contributed by atoms with Gasteiger partial charge in [0.2, 0.25) is 0 Å². The zero-order valence-electron chi connectivity index (χ0n) is 7.07. The molecule has 1 fully saturated rings. The number of quaternary nitrogens is 1. The standard InChI is InChI=1S/C7H15NO.HI/c1-6-8(4)7(2,3)5-9-6;/h6H,5H2,1-4H3;1H. The van der Waals surface area contributed by atoms with Gasteiger partial charge in [-0.15, -0.1) is 0 Å². The van der Waals surface area contributed by atoms with E-state index in [4.69, 9.17) is 4.74 Å². The van der Waals surface area contributed by atoms with E-state index in [1.807, 2.05) is 0 Å². The van der Waals surface area contributed by atoms with Gasteiger partial charge in [0.15, 0.2) is 6.23 Å². The molecule has 62 valence electrons. The molecule has 2 atom stereocenters. The number of hydrogen-bond donors (Lipinski definition) is 1. The van der Waals surface area contributed by atoms with Gasteiger partial charge in [-0.2, -0.15) is 0 Å². The lowest BCUT2D eigenvalue weighted by Crippen LogP contribution is -3.17. The number of halogens is 1. The summed E-state index contributed by atoms with van der Waals surface area (Å²) in [5, 5.41) is 0. The molecule has 10 heavy (non-hydrogen) atoms. The highest BCUT2D eigenvalue weighted by molar-refractivity contribution is 4.68. The molecule has 1 aliphatic rings. The first-order valence-electron chi connectivity index (χ1n) is 3.49. The van der Waals surface area contributed by atoms with Crippen LogP contribution >= 0.6 is 0 Å². The largest absolute Gasteiger partial charge is 1.00 e. The van der Waals surface area contributed by atoms with Gasteiger partial charge < -0.3 is 33.6 Å². The van der Waals surface area contributed by atoms with E-state index in [0.29, 0.717) is 11.8 Å². The Balaban J connectivity index is 0.000000810. The van der Waals surface area contributed by atoms with E-state index >= 15 is 0 Å². The molecule has 1 aliphatic heterocycles. The fourth-order valence-corrected chi connectivity index (χ4v) is 1.12. The van der Waals surface area contributed by atoms with Crippen LogP contribution in [0.2, 0.25) is 0 Å². The Morgan fingerprint density at radius 2 is 2.00 bits per heavy atom. The van der Waals surface area contributed by atoms with Gasteiger partial charge in [-0.3, -0.25) is 0 Å². The van der Waals surface area contributed by atoms with E-state index in [-0.39, 0.29) is 24.0 Å². The minimum atomic E-state index is 0. The van der Waals surface area contributed by atoms with Crippen molar-refractivity contribution in [1.29, 1.82) is 0 Å². The van der Waals surface area contributed by atoms with Crippen LogP contribution in [-0.2, 0) is 4.74 Å². The summed E-state index contributed by atoms with van der Waals surface area (Å²) >= 11 is 0. The van der Waals surface area contributed by atoms with Crippen molar-refractivity contribution in [2.75, 3.05) is 13.7 Å². The molecule has 3 heteroatoms. The first-order chi connectivity index (χ1) is 4.04. The Hall–Kier alpha value is 0.650. The van der Waals surface area contributed by atoms with E-state index in [9.17, 15) is 0 Å². The molecular formula is C7H16INO. The molecule has 1 heterocycles. The summed E-state index contributed by atoms with van der Waals surface area (Å²) < 4.78 is 5.44. The third-order valence-corrected chi connectivity index (χ3v) is 2.37. The van der Waals surface area contributed by atoms with Gasteiger partial charge in [0.1, 0.15) is 12.1 Å². The Morgan fingerprint density at radius 1 is 1.50 bits per heavy atom. The van der Waals surface area contributed by atoms with Crippen molar-refractivity contribution in [1.82, 2.24) is 0 Å². The quantitative estimate of drug-likeness (QED) is 0.448. The third-order valence-electron chi connectivity index (χ3n) is 2.37. The minimum absolute atomic E-state index is 0. The van der Waals surface area contributed by atoms with Gasteiger partial charge >= 0.3 is 0 Å². The van der Waals surface area contributed by atoms with Crippen molar-refractivity contribution in [3.63, 3.8) is 0 Å². The summed E-state index contributed by atoms with van der Waals surface area (Å²) in [4.78, 5) is 1.47. The summed E-state index contributed by atoms with van der Waals surface area (Å²) in [6.45, 7) is 7.46. The second-order valence-electron chi connectivity index (χ2n) is 3.52. The van der Waals surface area contributed by atoms with Gasteiger partial charge in [0, 0.05) is 6.92 Å². The van der Waals surface area contributed by atoms with Crippen molar-refractivity contribution in [3.8, 4) is 0 Å². The summed E-state index contributed by atoms with van der Waals surface area (Å²) in [5.41, 5.74) is 0.319. The Labute approximate surface area is 79.9 Å². The SMILES string of the molecule is CC1OCC(C)(C)[NH+]1C.[I-]. The number of hydrogen-bond acceptors (Lipinski definition) is 1. The van der Waals surface area contributed by atoms with E-state index < -0.39 is 0 Å². The first kappa shape index (κ1) is 10.7. The molecule has 0 radical (unpaired) electrons. The van der Waals surface area contributed by atoms with Crippen LogP contribution in [0.15, 0.2) is 0 Å². The lowest BCUT2D eigenvalue weighted by Gasteiger charge is -2.23. The van der Waals surface area contributed by atoms with Crippen molar-refractivity contribution in [2.24, 2.45) is 0 Å². The minimum Gasteiger partial charge on any atom is -1.00 e. The maximum atomic E-state index is 5.44. The molecule has 1 N–H and O–H groups in total. The zero-order chi connectivity index (χ0) is 7.07. The zero-order valence-corrected chi connectivity index (χ0v) is 9.23. The van der Waals surface area contributed by atoms with Gasteiger partial charge in [0.25, 0.3) is 0 Å². The highest BCUT2D eigenvalue weighted by Gasteiger charge is 2.39. The molecule has 2 nitrogen and oxygen atoms in total. The second kappa shape index (κ2) is 3.36. The van der Waals surface area contributed by atoms with E-state index in [0.717, 1.165) is 6.61 Å². The normalized spacial score (nSPS) is 37.2. The second-order valence-corrected chi connectivity index (χ2v) is 3.52. The summed E-state index contributed by atoms with van der Waals surface area (Å²) in [7, 11) is 2.18. The van der Waals surface area contributed by atoms with Crippen molar-refractivity contribution >= 4 is 0 Å². The number of likely N-dealkylation sites (N-methyl/N-ethyl adjacent to an activating group) is 1. The summed E-state index contributed by atoms with van der Waals surface area (Å²) in [6, 6.07) is 0. The summed E-state index contributed by atoms with van der Waals surface area (Å²) in [5.74, 6) is 0. The monoisotopic (exact) mass is 257 g/mol. The Kier molecular flexibility index (Phi) is 3.58. The smallest absolute Gasteiger partial charge is 0.189 e. The van der Waals surface area contributed by atoms with Crippen LogP contribution < -0.4 is 28.9 Å². The summed E-state index contributed by atoms with van der Waals surface area (Å²) in [6.07, 6.45) is 0.375. The lowest BCUT2D eigenvalue weighted by atomic mass is 10.1. The highest BCUT2D eigenvalue weighted by Crippen LogP contribution is 2.05. The van der Waals surface area contributed by atoms with Gasteiger partial charge in [-0.1, -0.05) is 0 Å². The maximum Gasteiger partial charge on any atom is 0.189 e. The molecule has 0 spiro atoms. The molecule has 0 aromatic rings. The average Bonchev–Trinajstić information content (AvgIpc) is 1.97. The van der Waals surface area contributed by atoms with Crippen LogP contribution in [0.1, 0.15) is 20.8 Å². The molecule has 0 bridgehead atoms. The fraction of sp³-hybridized carbons (Fsp3) is 1.00. The number of rotatable bonds is 0. The third kappa shape index (κ3) is 1.83. The average molecular weight is 257 g/mol. The number of ether oxygens (including phenoxy) is 1. The van der Waals surface area contributed by atoms with E-state index in [2.05, 4.69) is 27.8 Å². The van der Waals surface area contributed by atoms with Crippen LogP contribution in [0.3, 0.4) is 0 Å². The molecule has 0 saturated carbocycles. The van der Waals surface area contributed by atoms with Crippen LogP contribution in [0, 0.1) is 0 Å². The molecule has 2 unspecified atom stereocenters.